The lowest BCUT2D eigenvalue weighted by Crippen LogP contribution is -2.45. The Balaban J connectivity index is 0.000000534. The van der Waals surface area contributed by atoms with E-state index in [1.165, 1.54) is 24.3 Å². The van der Waals surface area contributed by atoms with Gasteiger partial charge in [-0.1, -0.05) is 13.3 Å². The van der Waals surface area contributed by atoms with Crippen molar-refractivity contribution < 1.29 is 32.6 Å². The normalized spacial score (nSPS) is 14.3. The fourth-order valence-electron chi connectivity index (χ4n) is 3.05. The molecular weight excluding hydrogens is 429 g/mol. The Kier molecular flexibility index (Phi) is 9.06. The predicted octanol–water partition coefficient (Wildman–Crippen LogP) is 4.29. The Morgan fingerprint density at radius 1 is 1.19 bits per heavy atom. The number of carboxylic acids is 1. The Labute approximate surface area is 183 Å². The molecule has 1 aromatic carbocycles. The van der Waals surface area contributed by atoms with E-state index in [0.29, 0.717) is 23.5 Å². The van der Waals surface area contributed by atoms with Crippen LogP contribution in [0.3, 0.4) is 0 Å². The van der Waals surface area contributed by atoms with E-state index in [-0.39, 0.29) is 17.4 Å². The number of alkyl halides is 3. The summed E-state index contributed by atoms with van der Waals surface area (Å²) < 4.78 is 40.5. The highest BCUT2D eigenvalue weighted by atomic mass is 19.4. The van der Waals surface area contributed by atoms with Gasteiger partial charge < -0.3 is 14.8 Å². The third-order valence-electron chi connectivity index (χ3n) is 4.54. The first-order valence-corrected chi connectivity index (χ1v) is 10.3. The highest BCUT2D eigenvalue weighted by molar-refractivity contribution is 5.93. The van der Waals surface area contributed by atoms with Crippen LogP contribution in [0.5, 0.6) is 5.75 Å². The molecule has 8 nitrogen and oxygen atoms in total. The molecule has 0 radical (unpaired) electrons. The van der Waals surface area contributed by atoms with E-state index >= 15 is 0 Å². The molecule has 1 aromatic heterocycles. The summed E-state index contributed by atoms with van der Waals surface area (Å²) >= 11 is 0. The number of nitrogens with zero attached hydrogens (tertiary/aromatic N) is 2. The molecule has 2 heterocycles. The highest BCUT2D eigenvalue weighted by Crippen LogP contribution is 2.26. The number of hydrogen-bond donors (Lipinski definition) is 3. The lowest BCUT2D eigenvalue weighted by Gasteiger charge is -2.26. The fraction of sp³-hybridized carbons (Fsp3) is 0.476. The van der Waals surface area contributed by atoms with Crippen LogP contribution in [0.4, 0.5) is 13.2 Å². The number of nitrogens with one attached hydrogen (secondary N) is 2. The zero-order chi connectivity index (χ0) is 23.7. The quantitative estimate of drug-likeness (QED) is 0.599. The van der Waals surface area contributed by atoms with E-state index in [1.807, 2.05) is 11.9 Å². The monoisotopic (exact) mass is 456 g/mol. The summed E-state index contributed by atoms with van der Waals surface area (Å²) in [6.45, 7) is 5.18. The van der Waals surface area contributed by atoms with E-state index in [1.54, 1.807) is 6.92 Å². The maximum Gasteiger partial charge on any atom is 0.573 e. The lowest BCUT2D eigenvalue weighted by atomic mass is 10.2. The first kappa shape index (κ1) is 25.2. The number of rotatable bonds is 6. The van der Waals surface area contributed by atoms with Crippen LogP contribution in [0.2, 0.25) is 0 Å². The number of imidazole rings is 1. The number of halogens is 3. The van der Waals surface area contributed by atoms with Crippen molar-refractivity contribution in [2.24, 2.45) is 0 Å². The van der Waals surface area contributed by atoms with Crippen LogP contribution in [0.1, 0.15) is 55.2 Å². The number of hydrogen-bond acceptors (Lipinski definition) is 5. The molecule has 1 fully saturated rings. The van der Waals surface area contributed by atoms with E-state index in [9.17, 15) is 22.8 Å². The molecule has 2 aromatic rings. The second kappa shape index (κ2) is 11.5. The van der Waals surface area contributed by atoms with E-state index < -0.39 is 12.3 Å². The number of carbonyl (C=O) groups is 2. The second-order valence-corrected chi connectivity index (χ2v) is 7.26. The van der Waals surface area contributed by atoms with Crippen LogP contribution >= 0.6 is 0 Å². The van der Waals surface area contributed by atoms with Gasteiger partial charge in [0.05, 0.1) is 0 Å². The summed E-state index contributed by atoms with van der Waals surface area (Å²) in [7, 11) is 0. The number of aromatic amines is 1. The van der Waals surface area contributed by atoms with Gasteiger partial charge in [-0.3, -0.25) is 15.0 Å². The number of carbonyl (C=O) groups excluding carboxylic acids is 1. The molecule has 1 amide bonds. The number of aliphatic carboxylic acids is 1. The minimum absolute atomic E-state index is 0.265. The minimum atomic E-state index is -4.73. The smallest absolute Gasteiger partial charge is 0.481 e. The molecule has 176 valence electrons. The van der Waals surface area contributed by atoms with E-state index in [4.69, 9.17) is 5.11 Å². The van der Waals surface area contributed by atoms with Gasteiger partial charge in [0.25, 0.3) is 5.91 Å². The van der Waals surface area contributed by atoms with Crippen molar-refractivity contribution in [3.63, 3.8) is 0 Å². The molecule has 3 N–H and O–H groups in total. The molecule has 1 saturated heterocycles. The van der Waals surface area contributed by atoms with Crippen molar-refractivity contribution in [1.29, 1.82) is 0 Å². The van der Waals surface area contributed by atoms with Crippen molar-refractivity contribution in [1.82, 2.24) is 20.4 Å². The first-order chi connectivity index (χ1) is 15.1. The maximum atomic E-state index is 12.4. The molecular formula is C21H27F3N4O4. The number of ether oxygens (including phenoxy) is 1. The van der Waals surface area contributed by atoms with Crippen LogP contribution in [0.25, 0.3) is 11.4 Å². The van der Waals surface area contributed by atoms with Crippen molar-refractivity contribution in [2.45, 2.75) is 52.3 Å². The summed E-state index contributed by atoms with van der Waals surface area (Å²) in [5, 5.41) is 9.79. The van der Waals surface area contributed by atoms with Crippen molar-refractivity contribution >= 4 is 11.9 Å². The van der Waals surface area contributed by atoms with Crippen molar-refractivity contribution in [3.8, 4) is 17.1 Å². The van der Waals surface area contributed by atoms with E-state index in [2.05, 4.69) is 20.1 Å². The number of hydrazine groups is 1. The SMILES string of the molecule is CCCC(=O)O.Cc1[nH]c(-c2ccc(OC(F)(F)F)cc2)nc1C(=O)NN1CCCCC1. The molecule has 3 rings (SSSR count). The van der Waals surface area contributed by atoms with Gasteiger partial charge in [-0.15, -0.1) is 13.2 Å². The average Bonchev–Trinajstić information content (AvgIpc) is 3.10. The van der Waals surface area contributed by atoms with Gasteiger partial charge in [0.15, 0.2) is 5.69 Å². The summed E-state index contributed by atoms with van der Waals surface area (Å²) in [6, 6.07) is 5.31. The standard InChI is InChI=1S/C17H19F3N4O2.C4H8O2/c1-11-14(16(25)23-24-9-3-2-4-10-24)22-15(21-11)12-5-7-13(8-6-12)26-17(18,19)20;1-2-3-4(5)6/h5-8H,2-4,9-10H2,1H3,(H,21,22)(H,23,25);2-3H2,1H3,(H,5,6). The third kappa shape index (κ3) is 8.22. The lowest BCUT2D eigenvalue weighted by molar-refractivity contribution is -0.274. The molecule has 0 unspecified atom stereocenters. The van der Waals surface area contributed by atoms with Gasteiger partial charge in [0.1, 0.15) is 11.6 Å². The maximum absolute atomic E-state index is 12.4. The molecule has 0 aliphatic carbocycles. The number of benzene rings is 1. The number of aromatic nitrogens is 2. The van der Waals surface area contributed by atoms with Gasteiger partial charge in [-0.2, -0.15) is 0 Å². The molecule has 0 saturated carbocycles. The molecule has 1 aliphatic rings. The molecule has 1 aliphatic heterocycles. The van der Waals surface area contributed by atoms with Crippen LogP contribution in [0.15, 0.2) is 24.3 Å². The first-order valence-electron chi connectivity index (χ1n) is 10.3. The zero-order valence-electron chi connectivity index (χ0n) is 18.0. The Morgan fingerprint density at radius 3 is 2.31 bits per heavy atom. The molecule has 0 spiro atoms. The summed E-state index contributed by atoms with van der Waals surface area (Å²) in [5.41, 5.74) is 4.25. The zero-order valence-corrected chi connectivity index (χ0v) is 18.0. The van der Waals surface area contributed by atoms with Gasteiger partial charge in [0, 0.05) is 30.8 Å². The molecule has 0 atom stereocenters. The third-order valence-corrected chi connectivity index (χ3v) is 4.54. The highest BCUT2D eigenvalue weighted by Gasteiger charge is 2.31. The van der Waals surface area contributed by atoms with Crippen molar-refractivity contribution in [2.75, 3.05) is 13.1 Å². The van der Waals surface area contributed by atoms with Crippen LogP contribution in [0, 0.1) is 6.92 Å². The molecule has 0 bridgehead atoms. The van der Waals surface area contributed by atoms with Gasteiger partial charge in [0.2, 0.25) is 0 Å². The predicted molar refractivity (Wildman–Crippen MR) is 111 cm³/mol. The number of piperidine rings is 1. The fourth-order valence-corrected chi connectivity index (χ4v) is 3.05. The summed E-state index contributed by atoms with van der Waals surface area (Å²) in [4.78, 5) is 29.3. The Morgan fingerprint density at radius 2 is 1.81 bits per heavy atom. The largest absolute Gasteiger partial charge is 0.573 e. The molecule has 32 heavy (non-hydrogen) atoms. The number of carboxylic acid groups (broad SMARTS) is 1. The Hall–Kier alpha value is -3.08. The van der Waals surface area contributed by atoms with Crippen LogP contribution in [-0.4, -0.2) is 51.4 Å². The van der Waals surface area contributed by atoms with E-state index in [0.717, 1.165) is 38.8 Å². The Bertz CT molecular complexity index is 891. The second-order valence-electron chi connectivity index (χ2n) is 7.26. The van der Waals surface area contributed by atoms with Gasteiger partial charge in [-0.25, -0.2) is 9.99 Å². The topological polar surface area (TPSA) is 108 Å². The minimum Gasteiger partial charge on any atom is -0.481 e. The van der Waals surface area contributed by atoms with Crippen molar-refractivity contribution in [3.05, 3.63) is 35.7 Å². The van der Waals surface area contributed by atoms with Crippen LogP contribution < -0.4 is 10.2 Å². The number of aryl methyl sites for hydroxylation is 1. The molecule has 11 heteroatoms. The van der Waals surface area contributed by atoms with Crippen LogP contribution in [-0.2, 0) is 4.79 Å². The summed E-state index contributed by atoms with van der Waals surface area (Å²) in [6.07, 6.45) is -0.474. The van der Waals surface area contributed by atoms with Gasteiger partial charge in [-0.05, 0) is 50.5 Å². The van der Waals surface area contributed by atoms with Gasteiger partial charge >= 0.3 is 12.3 Å². The summed E-state index contributed by atoms with van der Waals surface area (Å²) in [5.74, 6) is -0.918. The number of amides is 1. The average molecular weight is 456 g/mol. The number of H-pyrrole nitrogens is 1.